The number of Topliss-reactive ketones (excluding diaryl/α,β-unsaturated/α-hetero) is 1. The summed E-state index contributed by atoms with van der Waals surface area (Å²) in [7, 11) is 7.12. The first-order chi connectivity index (χ1) is 36.8. The van der Waals surface area contributed by atoms with E-state index in [1.807, 2.05) is 27.7 Å². The van der Waals surface area contributed by atoms with Crippen LogP contribution in [-0.4, -0.2) is 222 Å². The second-order valence-electron chi connectivity index (χ2n) is 23.5. The van der Waals surface area contributed by atoms with Crippen molar-refractivity contribution in [1.29, 1.82) is 0 Å². The van der Waals surface area contributed by atoms with Gasteiger partial charge in [0.15, 0.2) is 11.8 Å². The molecule has 22 heteroatoms. The molecule has 0 radical (unpaired) electrons. The molecule has 0 aromatic heterocycles. The molecule has 2 aliphatic rings. The van der Waals surface area contributed by atoms with Gasteiger partial charge in [-0.25, -0.2) is 0 Å². The SMILES string of the molecule is CC(C)C[C@H]1C(=O)CNC[C@@H](COC(C)(C)C)C(=O)N[C@H](C(=O)N2CCCCC2)C(=O)N[C@H](C)C(=O)N(C)[C@H](C)C(=O)N(C)[C@@H](Cc2ccccc2)C(=O)N(C)[C@@H](CC(C)C)C(=O)N[C@@H]([C@@H](C)O)CC(=O)N(C)[C@@H](C)C(=O)N1C. The van der Waals surface area contributed by atoms with Crippen LogP contribution in [0.5, 0.6) is 0 Å². The maximum Gasteiger partial charge on any atom is 0.254 e. The zero-order valence-corrected chi connectivity index (χ0v) is 49.9. The second-order valence-corrected chi connectivity index (χ2v) is 23.5. The molecule has 3 rings (SSSR count). The van der Waals surface area contributed by atoms with Crippen LogP contribution in [0.15, 0.2) is 30.3 Å². The Bertz CT molecular complexity index is 2270. The number of likely N-dealkylation sites (tertiary alicyclic amines) is 1. The van der Waals surface area contributed by atoms with Crippen molar-refractivity contribution in [2.24, 2.45) is 17.8 Å². The number of hydrogen-bond donors (Lipinski definition) is 5. The van der Waals surface area contributed by atoms with E-state index in [0.29, 0.717) is 31.5 Å². The maximum atomic E-state index is 14.9. The zero-order chi connectivity index (χ0) is 59.8. The van der Waals surface area contributed by atoms with Gasteiger partial charge in [0.2, 0.25) is 41.4 Å². The third kappa shape index (κ3) is 19.6. The van der Waals surface area contributed by atoms with E-state index >= 15 is 0 Å². The molecule has 0 spiro atoms. The van der Waals surface area contributed by atoms with Crippen molar-refractivity contribution in [2.45, 2.75) is 181 Å². The van der Waals surface area contributed by atoms with Gasteiger partial charge in [-0.2, -0.15) is 0 Å². The molecule has 2 aliphatic heterocycles. The number of benzene rings is 1. The predicted octanol–water partition coefficient (Wildman–Crippen LogP) is 1.36. The molecule has 444 valence electrons. The number of hydrogen-bond acceptors (Lipinski definition) is 13. The Morgan fingerprint density at radius 1 is 0.646 bits per heavy atom. The highest BCUT2D eigenvalue weighted by atomic mass is 16.5. The summed E-state index contributed by atoms with van der Waals surface area (Å²) >= 11 is 0. The normalized spacial score (nSPS) is 27.1. The molecule has 2 saturated heterocycles. The monoisotopic (exact) mass is 1110 g/mol. The van der Waals surface area contributed by atoms with Crippen molar-refractivity contribution < 1.29 is 57.8 Å². The smallest absolute Gasteiger partial charge is 0.254 e. The van der Waals surface area contributed by atoms with Crippen LogP contribution in [0, 0.1) is 17.8 Å². The summed E-state index contributed by atoms with van der Waals surface area (Å²) in [4.78, 5) is 151. The number of ether oxygens (including phenoxy) is 1. The number of likely N-dealkylation sites (N-methyl/N-ethyl adjacent to an activating group) is 5. The Balaban J connectivity index is 2.20. The average Bonchev–Trinajstić information content (AvgIpc) is 3.41. The van der Waals surface area contributed by atoms with E-state index in [-0.39, 0.29) is 50.8 Å². The van der Waals surface area contributed by atoms with Crippen LogP contribution < -0.4 is 21.3 Å². The Morgan fingerprint density at radius 3 is 1.72 bits per heavy atom. The van der Waals surface area contributed by atoms with Crippen molar-refractivity contribution in [3.8, 4) is 0 Å². The number of carbonyl (C=O) groups is 10. The number of nitrogens with zero attached hydrogens (tertiary/aromatic N) is 6. The van der Waals surface area contributed by atoms with Crippen LogP contribution in [-0.2, 0) is 59.1 Å². The number of piperidine rings is 1. The van der Waals surface area contributed by atoms with Crippen molar-refractivity contribution in [1.82, 2.24) is 50.7 Å². The molecule has 2 fully saturated rings. The van der Waals surface area contributed by atoms with Crippen LogP contribution in [0.4, 0.5) is 0 Å². The van der Waals surface area contributed by atoms with E-state index in [0.717, 1.165) is 11.3 Å². The minimum atomic E-state index is -1.79. The van der Waals surface area contributed by atoms with Crippen LogP contribution in [0.3, 0.4) is 0 Å². The minimum absolute atomic E-state index is 0.00607. The molecule has 10 atom stereocenters. The highest BCUT2D eigenvalue weighted by Crippen LogP contribution is 2.21. The number of carbonyl (C=O) groups excluding carboxylic acids is 10. The fraction of sp³-hybridized carbons (Fsp3) is 0.719. The van der Waals surface area contributed by atoms with Gasteiger partial charge in [-0.3, -0.25) is 47.9 Å². The topological polar surface area (TPSA) is 268 Å². The highest BCUT2D eigenvalue weighted by molar-refractivity contribution is 6.08. The number of nitrogens with one attached hydrogen (secondary N) is 4. The van der Waals surface area contributed by atoms with Crippen LogP contribution in [0.2, 0.25) is 0 Å². The van der Waals surface area contributed by atoms with Crippen LogP contribution in [0.25, 0.3) is 0 Å². The quantitative estimate of drug-likeness (QED) is 0.208. The third-order valence-corrected chi connectivity index (χ3v) is 15.0. The number of rotatable bonds is 10. The lowest BCUT2D eigenvalue weighted by atomic mass is 9.97. The van der Waals surface area contributed by atoms with Crippen molar-refractivity contribution in [3.05, 3.63) is 35.9 Å². The fourth-order valence-corrected chi connectivity index (χ4v) is 9.57. The number of aliphatic hydroxyl groups excluding tert-OH is 1. The minimum Gasteiger partial charge on any atom is -0.391 e. The summed E-state index contributed by atoms with van der Waals surface area (Å²) in [5, 5.41) is 22.1. The molecule has 0 saturated carbocycles. The van der Waals surface area contributed by atoms with Crippen LogP contribution in [0.1, 0.15) is 120 Å². The van der Waals surface area contributed by atoms with Crippen molar-refractivity contribution in [2.75, 3.05) is 68.0 Å². The lowest BCUT2D eigenvalue weighted by Gasteiger charge is -2.38. The van der Waals surface area contributed by atoms with Gasteiger partial charge < -0.3 is 60.5 Å². The molecular formula is C57H94N10O12. The Labute approximate surface area is 468 Å². The molecule has 22 nitrogen and oxygen atoms in total. The summed E-state index contributed by atoms with van der Waals surface area (Å²) < 4.78 is 6.04. The number of amides is 9. The summed E-state index contributed by atoms with van der Waals surface area (Å²) in [5.41, 5.74) is -0.0425. The summed E-state index contributed by atoms with van der Waals surface area (Å²) in [6.07, 6.45) is 0.902. The Kier molecular flexibility index (Phi) is 26.0. The molecule has 1 aromatic carbocycles. The second kappa shape index (κ2) is 30.5. The van der Waals surface area contributed by atoms with E-state index in [2.05, 4.69) is 21.3 Å². The standard InChI is InChI=1S/C57H94N10O12/c1-34(2)27-43-46(69)32-58-31-41(33-79-57(9,10)11)49(71)61-48(56(78)67-25-21-18-22-26-67)51(73)59-36(5)52(74)63(13)38(7)54(76)66(16)45(29-40-23-19-17-20-24-40)55(77)65(15)44(28-35(3)4)50(72)60-42(39(8)68)30-47(70)62(12)37(6)53(75)64(43)14/h17,19-20,23-24,34-39,41-45,48,58,68H,18,21-22,25-33H2,1-16H3,(H,59,73)(H,60,72)(H,61,71)/t36-,37+,38-,39-,41+,42-,43+,44+,45+,48+/m1/s1. The van der Waals surface area contributed by atoms with Gasteiger partial charge in [-0.1, -0.05) is 58.0 Å². The van der Waals surface area contributed by atoms with Gasteiger partial charge in [-0.05, 0) is 98.0 Å². The first-order valence-corrected chi connectivity index (χ1v) is 27.9. The van der Waals surface area contributed by atoms with Gasteiger partial charge in [-0.15, -0.1) is 0 Å². The van der Waals surface area contributed by atoms with Gasteiger partial charge >= 0.3 is 0 Å². The van der Waals surface area contributed by atoms with E-state index in [4.69, 9.17) is 4.74 Å². The van der Waals surface area contributed by atoms with Crippen molar-refractivity contribution >= 4 is 58.9 Å². The summed E-state index contributed by atoms with van der Waals surface area (Å²) in [6.45, 7) is 18.7. The number of aliphatic hydroxyl groups is 1. The Hall–Kier alpha value is -6.00. The highest BCUT2D eigenvalue weighted by Gasteiger charge is 2.42. The van der Waals surface area contributed by atoms with Crippen molar-refractivity contribution in [3.63, 3.8) is 0 Å². The van der Waals surface area contributed by atoms with E-state index in [9.17, 15) is 53.1 Å². The predicted molar refractivity (Wildman–Crippen MR) is 298 cm³/mol. The average molecular weight is 1110 g/mol. The lowest BCUT2D eigenvalue weighted by Crippen LogP contribution is -2.62. The molecule has 0 aliphatic carbocycles. The molecule has 2 heterocycles. The number of ketones is 1. The molecule has 9 amide bonds. The molecule has 0 unspecified atom stereocenters. The van der Waals surface area contributed by atoms with Gasteiger partial charge in [0.1, 0.15) is 30.2 Å². The summed E-state index contributed by atoms with van der Waals surface area (Å²) in [6, 6.07) is -1.06. The first kappa shape index (κ1) is 67.3. The largest absolute Gasteiger partial charge is 0.391 e. The summed E-state index contributed by atoms with van der Waals surface area (Å²) in [5.74, 6) is -7.93. The molecule has 79 heavy (non-hydrogen) atoms. The molecule has 1 aromatic rings. The van der Waals surface area contributed by atoms with Gasteiger partial charge in [0.05, 0.1) is 42.9 Å². The third-order valence-electron chi connectivity index (χ3n) is 15.0. The molecular weight excluding hydrogens is 1020 g/mol. The zero-order valence-electron chi connectivity index (χ0n) is 49.9. The molecule has 0 bridgehead atoms. The lowest BCUT2D eigenvalue weighted by molar-refractivity contribution is -0.152. The maximum absolute atomic E-state index is 14.9. The van der Waals surface area contributed by atoms with E-state index < -0.39 is 131 Å². The van der Waals surface area contributed by atoms with E-state index in [1.165, 1.54) is 87.4 Å². The first-order valence-electron chi connectivity index (χ1n) is 27.9. The van der Waals surface area contributed by atoms with Gasteiger partial charge in [0, 0.05) is 67.7 Å². The Morgan fingerprint density at radius 2 is 1.18 bits per heavy atom. The van der Waals surface area contributed by atoms with Gasteiger partial charge in [0.25, 0.3) is 11.8 Å². The fourth-order valence-electron chi connectivity index (χ4n) is 9.57. The van der Waals surface area contributed by atoms with Crippen LogP contribution >= 0.6 is 0 Å². The molecule has 5 N–H and O–H groups in total. The van der Waals surface area contributed by atoms with E-state index in [1.54, 1.807) is 51.1 Å².